The van der Waals surface area contributed by atoms with E-state index in [2.05, 4.69) is 76.8 Å². The van der Waals surface area contributed by atoms with Gasteiger partial charge in [0.2, 0.25) is 0 Å². The largest absolute Gasteiger partial charge is 0.233 e. The molecule has 1 rings (SSSR count). The second-order valence-corrected chi connectivity index (χ2v) is 6.50. The van der Waals surface area contributed by atoms with Gasteiger partial charge in [-0.2, -0.15) is 0 Å². The average molecular weight is 363 g/mol. The van der Waals surface area contributed by atoms with Crippen molar-refractivity contribution in [1.29, 1.82) is 0 Å². The predicted molar refractivity (Wildman–Crippen MR) is 120 cm³/mol. The van der Waals surface area contributed by atoms with Gasteiger partial charge in [0, 0.05) is 17.8 Å². The topological polar surface area (TPSA) is 25.8 Å². The minimum atomic E-state index is 0.802. The number of nitrogens with zero attached hydrogens (tertiary/aromatic N) is 2. The van der Waals surface area contributed by atoms with E-state index < -0.39 is 0 Å². The minimum absolute atomic E-state index is 0.802. The van der Waals surface area contributed by atoms with Crippen LogP contribution in [0.1, 0.15) is 64.7 Å². The van der Waals surface area contributed by atoms with Crippen LogP contribution < -0.4 is 0 Å². The second kappa shape index (κ2) is 12.8. The van der Waals surface area contributed by atoms with Crippen molar-refractivity contribution in [3.8, 4) is 0 Å². The van der Waals surface area contributed by atoms with Crippen molar-refractivity contribution in [2.24, 2.45) is 0 Å². The Morgan fingerprint density at radius 2 is 1.78 bits per heavy atom. The third-order valence-corrected chi connectivity index (χ3v) is 4.13. The van der Waals surface area contributed by atoms with Crippen LogP contribution in [0.15, 0.2) is 72.4 Å². The molecule has 1 aromatic heterocycles. The maximum Gasteiger partial charge on any atom is 0.155 e. The number of aromatic nitrogens is 2. The number of hydrogen-bond donors (Lipinski definition) is 0. The van der Waals surface area contributed by atoms with E-state index in [4.69, 9.17) is 9.97 Å². The minimum Gasteiger partial charge on any atom is -0.233 e. The van der Waals surface area contributed by atoms with Gasteiger partial charge in [-0.25, -0.2) is 9.97 Å². The van der Waals surface area contributed by atoms with Gasteiger partial charge in [-0.05, 0) is 50.3 Å². The summed E-state index contributed by atoms with van der Waals surface area (Å²) in [5, 5.41) is 0. The molecule has 2 heteroatoms. The molecular formula is C25H34N2. The molecule has 0 saturated carbocycles. The summed E-state index contributed by atoms with van der Waals surface area (Å²) in [6.45, 7) is 14.5. The lowest BCUT2D eigenvalue weighted by Crippen LogP contribution is -2.03. The van der Waals surface area contributed by atoms with E-state index in [1.54, 1.807) is 0 Å². The monoisotopic (exact) mass is 362 g/mol. The van der Waals surface area contributed by atoms with E-state index in [-0.39, 0.29) is 0 Å². The van der Waals surface area contributed by atoms with E-state index in [1.165, 1.54) is 5.57 Å². The Labute approximate surface area is 165 Å². The molecule has 0 fully saturated rings. The number of aryl methyl sites for hydroxylation is 1. The molecule has 0 spiro atoms. The fraction of sp³-hybridized carbons (Fsp3) is 0.360. The van der Waals surface area contributed by atoms with E-state index in [9.17, 15) is 0 Å². The molecule has 2 nitrogen and oxygen atoms in total. The highest BCUT2D eigenvalue weighted by atomic mass is 14.9. The average Bonchev–Trinajstić information content (AvgIpc) is 2.67. The van der Waals surface area contributed by atoms with Crippen LogP contribution in [0.25, 0.3) is 5.57 Å². The molecule has 1 heterocycles. The zero-order valence-electron chi connectivity index (χ0n) is 17.6. The molecular weight excluding hydrogens is 328 g/mol. The highest BCUT2D eigenvalue weighted by molar-refractivity contribution is 5.59. The van der Waals surface area contributed by atoms with E-state index in [0.29, 0.717) is 0 Å². The molecule has 0 aromatic carbocycles. The Bertz CT molecular complexity index is 759. The van der Waals surface area contributed by atoms with Crippen LogP contribution >= 0.6 is 0 Å². The highest BCUT2D eigenvalue weighted by Gasteiger charge is 2.06. The van der Waals surface area contributed by atoms with Crippen LogP contribution in [0.2, 0.25) is 0 Å². The molecule has 0 unspecified atom stereocenters. The van der Waals surface area contributed by atoms with Crippen LogP contribution in [0.5, 0.6) is 0 Å². The van der Waals surface area contributed by atoms with Gasteiger partial charge >= 0.3 is 0 Å². The molecule has 0 N–H and O–H groups in total. The third-order valence-electron chi connectivity index (χ3n) is 4.13. The van der Waals surface area contributed by atoms with Gasteiger partial charge in [0.25, 0.3) is 0 Å². The summed E-state index contributed by atoms with van der Waals surface area (Å²) in [6, 6.07) is 2.12. The molecule has 0 amide bonds. The van der Waals surface area contributed by atoms with Crippen molar-refractivity contribution in [3.63, 3.8) is 0 Å². The summed E-state index contributed by atoms with van der Waals surface area (Å²) >= 11 is 0. The highest BCUT2D eigenvalue weighted by Crippen LogP contribution is 2.15. The maximum absolute atomic E-state index is 4.81. The van der Waals surface area contributed by atoms with Crippen molar-refractivity contribution in [2.45, 2.75) is 60.3 Å². The van der Waals surface area contributed by atoms with Gasteiger partial charge < -0.3 is 0 Å². The van der Waals surface area contributed by atoms with E-state index in [0.717, 1.165) is 54.0 Å². The van der Waals surface area contributed by atoms with E-state index >= 15 is 0 Å². The van der Waals surface area contributed by atoms with Gasteiger partial charge in [-0.1, -0.05) is 81.5 Å². The van der Waals surface area contributed by atoms with Gasteiger partial charge in [0.15, 0.2) is 5.82 Å². The predicted octanol–water partition coefficient (Wildman–Crippen LogP) is 6.98. The number of rotatable bonds is 10. The first-order valence-corrected chi connectivity index (χ1v) is 9.92. The molecule has 0 atom stereocenters. The van der Waals surface area contributed by atoms with Crippen molar-refractivity contribution < 1.29 is 0 Å². The van der Waals surface area contributed by atoms with E-state index in [1.807, 2.05) is 19.1 Å². The van der Waals surface area contributed by atoms with Crippen LogP contribution in [-0.2, 0) is 12.8 Å². The first-order chi connectivity index (χ1) is 13.0. The summed E-state index contributed by atoms with van der Waals surface area (Å²) < 4.78 is 0. The molecule has 0 aliphatic carbocycles. The van der Waals surface area contributed by atoms with Gasteiger partial charge in [0.05, 0.1) is 0 Å². The standard InChI is InChI=1S/C25H34N2/c1-7-11-12-17-22(14-8-2)18-24-19-23(10-4)26-25(27-24)21(6)16-13-15-20(5)9-3/h8,11-17,19H,5,7,9-10,18H2,1-4,6H3/b12-11+,14-8-,15-13-,21-16+,22-17+. The van der Waals surface area contributed by atoms with Crippen LogP contribution in [0.3, 0.4) is 0 Å². The molecule has 0 radical (unpaired) electrons. The Morgan fingerprint density at radius 1 is 1.04 bits per heavy atom. The summed E-state index contributed by atoms with van der Waals surface area (Å²) in [5.41, 5.74) is 5.56. The Hall–Kier alpha value is -2.48. The van der Waals surface area contributed by atoms with Crippen molar-refractivity contribution >= 4 is 5.57 Å². The number of allylic oxidation sites excluding steroid dienone is 11. The zero-order valence-corrected chi connectivity index (χ0v) is 17.6. The third kappa shape index (κ3) is 8.63. The molecule has 27 heavy (non-hydrogen) atoms. The second-order valence-electron chi connectivity index (χ2n) is 6.50. The van der Waals surface area contributed by atoms with Crippen molar-refractivity contribution in [2.75, 3.05) is 0 Å². The van der Waals surface area contributed by atoms with Gasteiger partial charge in [-0.3, -0.25) is 0 Å². The van der Waals surface area contributed by atoms with Gasteiger partial charge in [0.1, 0.15) is 0 Å². The summed E-state index contributed by atoms with van der Waals surface area (Å²) in [7, 11) is 0. The lowest BCUT2D eigenvalue weighted by atomic mass is 10.1. The molecule has 0 aliphatic heterocycles. The molecule has 0 saturated heterocycles. The molecule has 144 valence electrons. The Morgan fingerprint density at radius 3 is 2.41 bits per heavy atom. The lowest BCUT2D eigenvalue weighted by Gasteiger charge is -2.08. The molecule has 1 aromatic rings. The van der Waals surface area contributed by atoms with Crippen LogP contribution in [0.4, 0.5) is 0 Å². The SMILES string of the molecule is C=C(/C=C\C=C(/C)c1nc(CC)cc(CC(/C=C\C)=C/C=C/CC)n1)CC. The fourth-order valence-electron chi connectivity index (χ4n) is 2.45. The summed E-state index contributed by atoms with van der Waals surface area (Å²) in [5.74, 6) is 0.806. The lowest BCUT2D eigenvalue weighted by molar-refractivity contribution is 0.929. The maximum atomic E-state index is 4.81. The smallest absolute Gasteiger partial charge is 0.155 e. The van der Waals surface area contributed by atoms with Crippen molar-refractivity contribution in [3.05, 3.63) is 89.6 Å². The first kappa shape index (κ1) is 22.6. The molecule has 0 bridgehead atoms. The number of hydrogen-bond acceptors (Lipinski definition) is 2. The summed E-state index contributed by atoms with van der Waals surface area (Å²) in [6.07, 6.45) is 20.5. The summed E-state index contributed by atoms with van der Waals surface area (Å²) in [4.78, 5) is 9.53. The Kier molecular flexibility index (Phi) is 10.7. The normalized spacial score (nSPS) is 13.4. The van der Waals surface area contributed by atoms with Crippen LogP contribution in [0, 0.1) is 0 Å². The quantitative estimate of drug-likeness (QED) is 0.420. The molecule has 0 aliphatic rings. The van der Waals surface area contributed by atoms with Crippen molar-refractivity contribution in [1.82, 2.24) is 9.97 Å². The first-order valence-electron chi connectivity index (χ1n) is 9.92. The zero-order chi connectivity index (χ0) is 20.1. The van der Waals surface area contributed by atoms with Crippen LogP contribution in [-0.4, -0.2) is 9.97 Å². The Balaban J connectivity index is 3.15. The fourth-order valence-corrected chi connectivity index (χ4v) is 2.45. The van der Waals surface area contributed by atoms with Gasteiger partial charge in [-0.15, -0.1) is 0 Å².